The summed E-state index contributed by atoms with van der Waals surface area (Å²) in [7, 11) is 0. The molecule has 3 heterocycles. The number of aromatic nitrogens is 4. The van der Waals surface area contributed by atoms with Gasteiger partial charge in [0, 0.05) is 13.1 Å². The minimum Gasteiger partial charge on any atom is -0.378 e. The molecule has 1 aromatic carbocycles. The second kappa shape index (κ2) is 9.73. The third kappa shape index (κ3) is 4.80. The Morgan fingerprint density at radius 2 is 2.03 bits per heavy atom. The first-order chi connectivity index (χ1) is 14.7. The quantitative estimate of drug-likeness (QED) is 0.584. The Labute approximate surface area is 179 Å². The number of ether oxygens (including phenoxy) is 1. The second-order valence-electron chi connectivity index (χ2n) is 6.81. The van der Waals surface area contributed by atoms with E-state index in [9.17, 15) is 4.79 Å². The molecule has 156 valence electrons. The van der Waals surface area contributed by atoms with Crippen LogP contribution in [-0.2, 0) is 16.0 Å². The van der Waals surface area contributed by atoms with Gasteiger partial charge in [-0.15, -0.1) is 10.2 Å². The molecule has 2 aromatic heterocycles. The number of anilines is 2. The minimum atomic E-state index is -0.112. The Balaban J connectivity index is 1.35. The van der Waals surface area contributed by atoms with Gasteiger partial charge in [0.1, 0.15) is 12.1 Å². The molecule has 1 saturated heterocycles. The van der Waals surface area contributed by atoms with Gasteiger partial charge in [0.25, 0.3) is 0 Å². The number of rotatable bonds is 7. The lowest BCUT2D eigenvalue weighted by Crippen LogP contribution is -2.36. The number of thioether (sulfide) groups is 1. The number of carbonyl (C=O) groups is 1. The van der Waals surface area contributed by atoms with Crippen LogP contribution < -0.4 is 10.2 Å². The fourth-order valence-corrected chi connectivity index (χ4v) is 4.02. The van der Waals surface area contributed by atoms with Gasteiger partial charge in [-0.2, -0.15) is 0 Å². The highest BCUT2D eigenvalue weighted by Crippen LogP contribution is 2.23. The van der Waals surface area contributed by atoms with Gasteiger partial charge in [-0.05, 0) is 30.2 Å². The van der Waals surface area contributed by atoms with Crippen LogP contribution in [-0.4, -0.2) is 57.7 Å². The van der Waals surface area contributed by atoms with Crippen molar-refractivity contribution in [2.24, 2.45) is 0 Å². The molecule has 1 N–H and O–H groups in total. The van der Waals surface area contributed by atoms with Crippen molar-refractivity contribution in [1.82, 2.24) is 19.7 Å². The predicted octanol–water partition coefficient (Wildman–Crippen LogP) is 2.79. The first-order valence-corrected chi connectivity index (χ1v) is 10.9. The Kier molecular flexibility index (Phi) is 6.60. The molecule has 9 heteroatoms. The first-order valence-electron chi connectivity index (χ1n) is 9.94. The summed E-state index contributed by atoms with van der Waals surface area (Å²) in [5.74, 6) is 1.02. The number of hydrogen-bond acceptors (Lipinski definition) is 7. The van der Waals surface area contributed by atoms with E-state index in [2.05, 4.69) is 38.4 Å². The zero-order valence-corrected chi connectivity index (χ0v) is 17.6. The molecule has 0 atom stereocenters. The van der Waals surface area contributed by atoms with E-state index in [0.717, 1.165) is 31.0 Å². The van der Waals surface area contributed by atoms with Gasteiger partial charge in [-0.25, -0.2) is 4.98 Å². The highest BCUT2D eigenvalue weighted by atomic mass is 32.2. The Hall–Kier alpha value is -2.91. The summed E-state index contributed by atoms with van der Waals surface area (Å²) >= 11 is 1.36. The molecule has 8 nitrogen and oxygen atoms in total. The standard InChI is InChI=1S/C21H24N6O2S/c1-2-16-5-3-4-6-18(16)27-15-23-25-21(27)30-14-20(28)24-17-7-8-19(22-13-17)26-9-11-29-12-10-26/h3-8,13,15H,2,9-12,14H2,1H3,(H,24,28). The van der Waals surface area contributed by atoms with Gasteiger partial charge in [-0.1, -0.05) is 36.9 Å². The molecule has 0 bridgehead atoms. The van der Waals surface area contributed by atoms with Gasteiger partial charge < -0.3 is 15.0 Å². The highest BCUT2D eigenvalue weighted by Gasteiger charge is 2.14. The molecule has 3 aromatic rings. The summed E-state index contributed by atoms with van der Waals surface area (Å²) in [4.78, 5) is 19.1. The van der Waals surface area contributed by atoms with Crippen LogP contribution in [0.15, 0.2) is 54.1 Å². The number of pyridine rings is 1. The summed E-state index contributed by atoms with van der Waals surface area (Å²) < 4.78 is 7.29. The zero-order valence-electron chi connectivity index (χ0n) is 16.8. The lowest BCUT2D eigenvalue weighted by molar-refractivity contribution is -0.113. The molecule has 0 saturated carbocycles. The van der Waals surface area contributed by atoms with E-state index in [1.165, 1.54) is 17.3 Å². The van der Waals surface area contributed by atoms with Crippen molar-refractivity contribution >= 4 is 29.2 Å². The second-order valence-corrected chi connectivity index (χ2v) is 7.75. The van der Waals surface area contributed by atoms with E-state index < -0.39 is 0 Å². The minimum absolute atomic E-state index is 0.112. The molecule has 1 aliphatic heterocycles. The average molecular weight is 425 g/mol. The number of nitrogens with zero attached hydrogens (tertiary/aromatic N) is 5. The summed E-state index contributed by atoms with van der Waals surface area (Å²) in [5.41, 5.74) is 2.92. The number of para-hydroxylation sites is 1. The van der Waals surface area contributed by atoms with Gasteiger partial charge in [0.05, 0.1) is 36.5 Å². The SMILES string of the molecule is CCc1ccccc1-n1cnnc1SCC(=O)Nc1ccc(N2CCOCC2)nc1. The molecule has 0 spiro atoms. The topological polar surface area (TPSA) is 85.2 Å². The maximum absolute atomic E-state index is 12.4. The zero-order chi connectivity index (χ0) is 20.8. The van der Waals surface area contributed by atoms with Crippen LogP contribution in [0.4, 0.5) is 11.5 Å². The molecular weight excluding hydrogens is 400 g/mol. The van der Waals surface area contributed by atoms with Gasteiger partial charge >= 0.3 is 0 Å². The molecule has 1 fully saturated rings. The van der Waals surface area contributed by atoms with E-state index in [-0.39, 0.29) is 11.7 Å². The Morgan fingerprint density at radius 1 is 1.20 bits per heavy atom. The largest absolute Gasteiger partial charge is 0.378 e. The van der Waals surface area contributed by atoms with Crippen molar-refractivity contribution in [3.63, 3.8) is 0 Å². The average Bonchev–Trinajstić information content (AvgIpc) is 3.27. The van der Waals surface area contributed by atoms with Crippen molar-refractivity contribution in [3.8, 4) is 5.69 Å². The van der Waals surface area contributed by atoms with Gasteiger partial charge in [0.2, 0.25) is 5.91 Å². The summed E-state index contributed by atoms with van der Waals surface area (Å²) in [5, 5.41) is 11.8. The molecule has 1 amide bonds. The first kappa shape index (κ1) is 20.4. The number of amides is 1. The molecular formula is C21H24N6O2S. The lowest BCUT2D eigenvalue weighted by atomic mass is 10.1. The fourth-order valence-electron chi connectivity index (χ4n) is 3.30. The van der Waals surface area contributed by atoms with Crippen molar-refractivity contribution in [2.45, 2.75) is 18.5 Å². The lowest BCUT2D eigenvalue weighted by Gasteiger charge is -2.27. The summed E-state index contributed by atoms with van der Waals surface area (Å²) in [6.07, 6.45) is 4.28. The van der Waals surface area contributed by atoms with Crippen LogP contribution in [0.3, 0.4) is 0 Å². The van der Waals surface area contributed by atoms with Crippen LogP contribution in [0.1, 0.15) is 12.5 Å². The number of aryl methyl sites for hydroxylation is 1. The van der Waals surface area contributed by atoms with Crippen molar-refractivity contribution < 1.29 is 9.53 Å². The number of carbonyl (C=O) groups excluding carboxylic acids is 1. The summed E-state index contributed by atoms with van der Waals surface area (Å²) in [6.45, 7) is 5.20. The van der Waals surface area contributed by atoms with Gasteiger partial charge in [0.15, 0.2) is 5.16 Å². The maximum Gasteiger partial charge on any atom is 0.234 e. The maximum atomic E-state index is 12.4. The van der Waals surface area contributed by atoms with Crippen molar-refractivity contribution in [3.05, 3.63) is 54.5 Å². The third-order valence-corrected chi connectivity index (χ3v) is 5.79. The van der Waals surface area contributed by atoms with E-state index in [1.807, 2.05) is 34.9 Å². The third-order valence-electron chi connectivity index (χ3n) is 4.85. The molecule has 30 heavy (non-hydrogen) atoms. The molecule has 1 aliphatic rings. The predicted molar refractivity (Wildman–Crippen MR) is 117 cm³/mol. The van der Waals surface area contributed by atoms with E-state index in [4.69, 9.17) is 4.74 Å². The van der Waals surface area contributed by atoms with Crippen molar-refractivity contribution in [2.75, 3.05) is 42.3 Å². The Bertz CT molecular complexity index is 985. The van der Waals surface area contributed by atoms with Crippen LogP contribution in [0.2, 0.25) is 0 Å². The van der Waals surface area contributed by atoms with Gasteiger partial charge in [-0.3, -0.25) is 9.36 Å². The van der Waals surface area contributed by atoms with Crippen molar-refractivity contribution in [1.29, 1.82) is 0 Å². The number of hydrogen-bond donors (Lipinski definition) is 1. The highest BCUT2D eigenvalue weighted by molar-refractivity contribution is 7.99. The molecule has 0 aliphatic carbocycles. The molecule has 0 radical (unpaired) electrons. The van der Waals surface area contributed by atoms with Crippen LogP contribution in [0.25, 0.3) is 5.69 Å². The molecule has 4 rings (SSSR count). The summed E-state index contributed by atoms with van der Waals surface area (Å²) in [6, 6.07) is 11.9. The Morgan fingerprint density at radius 3 is 2.80 bits per heavy atom. The van der Waals surface area contributed by atoms with Crippen LogP contribution in [0.5, 0.6) is 0 Å². The van der Waals surface area contributed by atoms with E-state index in [0.29, 0.717) is 24.1 Å². The van der Waals surface area contributed by atoms with Crippen LogP contribution in [0, 0.1) is 0 Å². The van der Waals surface area contributed by atoms with E-state index >= 15 is 0 Å². The monoisotopic (exact) mass is 424 g/mol. The number of nitrogens with one attached hydrogen (secondary N) is 1. The smallest absolute Gasteiger partial charge is 0.234 e. The van der Waals surface area contributed by atoms with E-state index in [1.54, 1.807) is 12.5 Å². The number of benzene rings is 1. The van der Waals surface area contributed by atoms with Crippen LogP contribution >= 0.6 is 11.8 Å². The normalized spacial score (nSPS) is 14.0. The molecule has 0 unspecified atom stereocenters. The fraction of sp³-hybridized carbons (Fsp3) is 0.333. The number of morpholine rings is 1.